The lowest BCUT2D eigenvalue weighted by atomic mass is 10.1. The fourth-order valence-corrected chi connectivity index (χ4v) is 4.96. The molecule has 0 spiro atoms. The molecule has 0 saturated carbocycles. The molecule has 10 heteroatoms. The maximum absolute atomic E-state index is 13.2. The number of halogens is 2. The number of anilines is 3. The number of benzene rings is 3. The zero-order valence-electron chi connectivity index (χ0n) is 22.0. The van der Waals surface area contributed by atoms with E-state index in [1.807, 2.05) is 63.2 Å². The molecule has 0 aliphatic rings. The van der Waals surface area contributed by atoms with E-state index in [2.05, 4.69) is 26.0 Å². The van der Waals surface area contributed by atoms with E-state index in [0.717, 1.165) is 22.4 Å². The third kappa shape index (κ3) is 5.78. The van der Waals surface area contributed by atoms with Gasteiger partial charge in [0.05, 0.1) is 11.6 Å². The van der Waals surface area contributed by atoms with Gasteiger partial charge in [0.1, 0.15) is 11.8 Å². The highest BCUT2D eigenvalue weighted by Crippen LogP contribution is 2.29. The first kappa shape index (κ1) is 27.2. The molecule has 202 valence electrons. The number of aryl methyl sites for hydroxylation is 2. The molecule has 8 nitrogen and oxygen atoms in total. The van der Waals surface area contributed by atoms with Crippen LogP contribution in [0, 0.1) is 13.8 Å². The Morgan fingerprint density at radius 3 is 2.38 bits per heavy atom. The van der Waals surface area contributed by atoms with E-state index in [9.17, 15) is 9.59 Å². The molecule has 0 radical (unpaired) electrons. The van der Waals surface area contributed by atoms with Gasteiger partial charge in [-0.15, -0.1) is 0 Å². The molecule has 0 aliphatic heterocycles. The van der Waals surface area contributed by atoms with Crippen LogP contribution in [0.1, 0.15) is 50.4 Å². The van der Waals surface area contributed by atoms with Crippen molar-refractivity contribution in [2.24, 2.45) is 0 Å². The van der Waals surface area contributed by atoms with E-state index in [1.165, 1.54) is 6.33 Å². The second-order valence-corrected chi connectivity index (χ2v) is 10.3. The molecule has 0 bridgehead atoms. The van der Waals surface area contributed by atoms with Crippen molar-refractivity contribution in [3.63, 3.8) is 0 Å². The van der Waals surface area contributed by atoms with Crippen LogP contribution in [0.15, 0.2) is 79.3 Å². The van der Waals surface area contributed by atoms with Crippen molar-refractivity contribution in [3.8, 4) is 0 Å². The molecule has 3 aromatic carbocycles. The monoisotopic (exact) mass is 572 g/mol. The fourth-order valence-electron chi connectivity index (χ4n) is 4.43. The number of hydrogen-bond acceptors (Lipinski definition) is 5. The molecule has 5 aromatic rings. The highest BCUT2D eigenvalue weighted by Gasteiger charge is 2.20. The van der Waals surface area contributed by atoms with Crippen LogP contribution >= 0.6 is 23.2 Å². The van der Waals surface area contributed by atoms with Crippen molar-refractivity contribution >= 4 is 57.7 Å². The summed E-state index contributed by atoms with van der Waals surface area (Å²) in [4.78, 5) is 30.5. The van der Waals surface area contributed by atoms with Crippen molar-refractivity contribution in [3.05, 3.63) is 117 Å². The minimum Gasteiger partial charge on any atom is -0.345 e. The summed E-state index contributed by atoms with van der Waals surface area (Å²) in [6, 6.07) is 19.8. The van der Waals surface area contributed by atoms with Crippen molar-refractivity contribution in [2.75, 3.05) is 10.6 Å². The Bertz CT molecular complexity index is 1720. The Morgan fingerprint density at radius 1 is 0.925 bits per heavy atom. The normalized spacial score (nSPS) is 11.7. The third-order valence-corrected chi connectivity index (χ3v) is 7.03. The van der Waals surface area contributed by atoms with Gasteiger partial charge in [-0.1, -0.05) is 59.6 Å². The zero-order chi connectivity index (χ0) is 28.4. The molecule has 2 amide bonds. The van der Waals surface area contributed by atoms with Gasteiger partial charge in [0.15, 0.2) is 5.82 Å². The van der Waals surface area contributed by atoms with Crippen LogP contribution in [0.4, 0.5) is 17.2 Å². The lowest BCUT2D eigenvalue weighted by Crippen LogP contribution is -2.26. The summed E-state index contributed by atoms with van der Waals surface area (Å²) in [5, 5.41) is 14.4. The maximum atomic E-state index is 13.2. The molecule has 1 atom stereocenters. The molecule has 0 aliphatic carbocycles. The number of nitrogens with one attached hydrogen (secondary N) is 3. The Kier molecular flexibility index (Phi) is 7.73. The summed E-state index contributed by atoms with van der Waals surface area (Å²) in [7, 11) is 0. The Balaban J connectivity index is 1.40. The molecular formula is C30H26Cl2N6O2. The molecule has 0 fully saturated rings. The van der Waals surface area contributed by atoms with Crippen LogP contribution in [-0.2, 0) is 0 Å². The van der Waals surface area contributed by atoms with Gasteiger partial charge in [0, 0.05) is 33.2 Å². The van der Waals surface area contributed by atoms with E-state index in [4.69, 9.17) is 23.2 Å². The predicted octanol–water partition coefficient (Wildman–Crippen LogP) is 7.14. The van der Waals surface area contributed by atoms with Gasteiger partial charge in [-0.2, -0.15) is 5.10 Å². The largest absolute Gasteiger partial charge is 0.345 e. The van der Waals surface area contributed by atoms with E-state index < -0.39 is 0 Å². The quantitative estimate of drug-likeness (QED) is 0.192. The number of carbonyl (C=O) groups excluding carboxylic acids is 2. The lowest BCUT2D eigenvalue weighted by Gasteiger charge is -2.14. The highest BCUT2D eigenvalue weighted by molar-refractivity contribution is 6.35. The van der Waals surface area contributed by atoms with Crippen molar-refractivity contribution in [1.82, 2.24) is 19.9 Å². The number of amides is 2. The second-order valence-electron chi connectivity index (χ2n) is 9.44. The van der Waals surface area contributed by atoms with Gasteiger partial charge < -0.3 is 16.0 Å². The molecular weight excluding hydrogens is 547 g/mol. The number of rotatable bonds is 7. The SMILES string of the molecule is Cc1ccc(NC(=O)c2cc(Cl)cc(Cl)c2)cc1Nc1ncnn2cc(C(=O)N[C@@H](C)c3ccccc3)c(C)c12. The summed E-state index contributed by atoms with van der Waals surface area (Å²) in [5.74, 6) is -0.0189. The van der Waals surface area contributed by atoms with Crippen LogP contribution in [0.3, 0.4) is 0 Å². The van der Waals surface area contributed by atoms with Crippen molar-refractivity contribution in [1.29, 1.82) is 0 Å². The topological polar surface area (TPSA) is 100 Å². The average molecular weight is 573 g/mol. The number of aromatic nitrogens is 3. The van der Waals surface area contributed by atoms with Crippen LogP contribution in [0.2, 0.25) is 10.0 Å². The molecule has 2 heterocycles. The summed E-state index contributed by atoms with van der Waals surface area (Å²) >= 11 is 12.1. The van der Waals surface area contributed by atoms with E-state index >= 15 is 0 Å². The van der Waals surface area contributed by atoms with Gasteiger partial charge in [-0.3, -0.25) is 9.59 Å². The lowest BCUT2D eigenvalue weighted by molar-refractivity contribution is 0.0938. The molecule has 2 aromatic heterocycles. The van der Waals surface area contributed by atoms with Crippen molar-refractivity contribution < 1.29 is 9.59 Å². The van der Waals surface area contributed by atoms with Gasteiger partial charge in [0.25, 0.3) is 11.8 Å². The first-order chi connectivity index (χ1) is 19.2. The van der Waals surface area contributed by atoms with Crippen LogP contribution < -0.4 is 16.0 Å². The summed E-state index contributed by atoms with van der Waals surface area (Å²) in [5.41, 5.74) is 5.50. The van der Waals surface area contributed by atoms with Crippen LogP contribution in [-0.4, -0.2) is 26.4 Å². The number of carbonyl (C=O) groups is 2. The average Bonchev–Trinajstić information content (AvgIpc) is 3.27. The van der Waals surface area contributed by atoms with E-state index in [-0.39, 0.29) is 17.9 Å². The minimum atomic E-state index is -0.341. The predicted molar refractivity (Wildman–Crippen MR) is 159 cm³/mol. The van der Waals surface area contributed by atoms with Gasteiger partial charge >= 0.3 is 0 Å². The number of nitrogens with zero attached hydrogens (tertiary/aromatic N) is 3. The van der Waals surface area contributed by atoms with E-state index in [1.54, 1.807) is 35.0 Å². The number of fused-ring (bicyclic) bond motifs is 1. The van der Waals surface area contributed by atoms with Gasteiger partial charge in [-0.05, 0) is 67.8 Å². The summed E-state index contributed by atoms with van der Waals surface area (Å²) in [6.07, 6.45) is 3.12. The smallest absolute Gasteiger partial charge is 0.255 e. The second kappa shape index (κ2) is 11.4. The molecule has 40 heavy (non-hydrogen) atoms. The zero-order valence-corrected chi connectivity index (χ0v) is 23.5. The molecule has 0 saturated heterocycles. The van der Waals surface area contributed by atoms with Crippen LogP contribution in [0.25, 0.3) is 5.52 Å². The van der Waals surface area contributed by atoms with Gasteiger partial charge in [0.2, 0.25) is 0 Å². The third-order valence-electron chi connectivity index (χ3n) is 6.59. The molecule has 3 N–H and O–H groups in total. The van der Waals surface area contributed by atoms with Crippen molar-refractivity contribution in [2.45, 2.75) is 26.8 Å². The Morgan fingerprint density at radius 2 is 1.65 bits per heavy atom. The van der Waals surface area contributed by atoms with E-state index in [0.29, 0.717) is 38.2 Å². The maximum Gasteiger partial charge on any atom is 0.255 e. The highest BCUT2D eigenvalue weighted by atomic mass is 35.5. The standard InChI is InChI=1S/C30H26Cl2N6O2/c1-17-9-10-24(36-29(39)21-11-22(31)13-23(32)12-21)14-26(17)37-28-27-18(2)25(15-38(27)34-16-33-28)30(40)35-19(3)20-7-5-4-6-8-20/h4-16,19H,1-3H3,(H,35,40)(H,36,39)(H,33,34,37)/t19-/m0/s1. The molecule has 0 unspecified atom stereocenters. The minimum absolute atomic E-state index is 0.164. The Labute approximate surface area is 241 Å². The first-order valence-electron chi connectivity index (χ1n) is 12.5. The Hall–Kier alpha value is -4.40. The summed E-state index contributed by atoms with van der Waals surface area (Å²) < 4.78 is 1.64. The fraction of sp³-hybridized carbons (Fsp3) is 0.133. The van der Waals surface area contributed by atoms with Gasteiger partial charge in [-0.25, -0.2) is 9.50 Å². The summed E-state index contributed by atoms with van der Waals surface area (Å²) in [6.45, 7) is 5.75. The first-order valence-corrected chi connectivity index (χ1v) is 13.3. The molecule has 5 rings (SSSR count). The van der Waals surface area contributed by atoms with Crippen LogP contribution in [0.5, 0.6) is 0 Å². The number of hydrogen-bond donors (Lipinski definition) is 3.